The molecule has 1 saturated heterocycles. The molecule has 1 atom stereocenters. The Morgan fingerprint density at radius 1 is 1.00 bits per heavy atom. The Kier molecular flexibility index (Phi) is 7.96. The molecule has 0 spiro atoms. The van der Waals surface area contributed by atoms with Gasteiger partial charge in [0.25, 0.3) is 0 Å². The topological polar surface area (TPSA) is 44.7 Å². The number of halogens is 1. The van der Waals surface area contributed by atoms with Crippen molar-refractivity contribution < 1.29 is 9.84 Å². The zero-order valence-electron chi connectivity index (χ0n) is 15.7. The third-order valence-corrected chi connectivity index (χ3v) is 5.25. The first-order valence-electron chi connectivity index (χ1n) is 9.77. The number of aliphatic hydroxyl groups is 1. The van der Waals surface area contributed by atoms with Crippen LogP contribution in [-0.4, -0.2) is 42.4 Å². The van der Waals surface area contributed by atoms with E-state index in [4.69, 9.17) is 16.3 Å². The number of rotatable bonds is 9. The SMILES string of the molecule is O[C@@H](COc1ccc(CNCc2ccccc2Cl)cc1)CN1CCCCC1. The van der Waals surface area contributed by atoms with Crippen LogP contribution in [0.3, 0.4) is 0 Å². The van der Waals surface area contributed by atoms with Crippen LogP contribution in [0.5, 0.6) is 5.75 Å². The molecule has 2 aromatic rings. The smallest absolute Gasteiger partial charge is 0.119 e. The summed E-state index contributed by atoms with van der Waals surface area (Å²) in [5.41, 5.74) is 2.28. The van der Waals surface area contributed by atoms with Gasteiger partial charge in [-0.2, -0.15) is 0 Å². The van der Waals surface area contributed by atoms with E-state index in [1.165, 1.54) is 24.8 Å². The number of β-amino-alcohol motifs (C(OH)–C–C–N with tert-alkyl or cyclic N) is 1. The summed E-state index contributed by atoms with van der Waals surface area (Å²) in [7, 11) is 0. The molecule has 5 heteroatoms. The Morgan fingerprint density at radius 2 is 1.74 bits per heavy atom. The first-order chi connectivity index (χ1) is 13.2. The van der Waals surface area contributed by atoms with E-state index in [-0.39, 0.29) is 0 Å². The molecular weight excluding hydrogens is 360 g/mol. The summed E-state index contributed by atoms with van der Waals surface area (Å²) in [6, 6.07) is 15.9. The van der Waals surface area contributed by atoms with E-state index in [2.05, 4.69) is 10.2 Å². The third kappa shape index (κ3) is 6.82. The number of nitrogens with one attached hydrogen (secondary N) is 1. The molecule has 146 valence electrons. The Hall–Kier alpha value is -1.59. The number of piperidine rings is 1. The molecule has 0 unspecified atom stereocenters. The van der Waals surface area contributed by atoms with Crippen LogP contribution in [-0.2, 0) is 13.1 Å². The van der Waals surface area contributed by atoms with Crippen LogP contribution in [0.1, 0.15) is 30.4 Å². The summed E-state index contributed by atoms with van der Waals surface area (Å²) in [5, 5.41) is 14.4. The molecule has 2 aromatic carbocycles. The van der Waals surface area contributed by atoms with Gasteiger partial charge in [-0.05, 0) is 55.3 Å². The Labute approximate surface area is 167 Å². The Balaban J connectivity index is 1.37. The molecule has 4 nitrogen and oxygen atoms in total. The maximum absolute atomic E-state index is 10.2. The summed E-state index contributed by atoms with van der Waals surface area (Å²) in [6.45, 7) is 4.72. The van der Waals surface area contributed by atoms with Crippen molar-refractivity contribution in [3.63, 3.8) is 0 Å². The minimum atomic E-state index is -0.444. The lowest BCUT2D eigenvalue weighted by Crippen LogP contribution is -2.38. The van der Waals surface area contributed by atoms with E-state index >= 15 is 0 Å². The molecule has 1 aliphatic heterocycles. The molecule has 3 rings (SSSR count). The first-order valence-corrected chi connectivity index (χ1v) is 10.1. The Bertz CT molecular complexity index is 687. The van der Waals surface area contributed by atoms with Gasteiger partial charge in [-0.1, -0.05) is 48.4 Å². The van der Waals surface area contributed by atoms with Gasteiger partial charge in [0.2, 0.25) is 0 Å². The van der Waals surface area contributed by atoms with Gasteiger partial charge in [-0.25, -0.2) is 0 Å². The average Bonchev–Trinajstić information content (AvgIpc) is 2.70. The highest BCUT2D eigenvalue weighted by molar-refractivity contribution is 6.31. The number of nitrogens with zero attached hydrogens (tertiary/aromatic N) is 1. The molecule has 27 heavy (non-hydrogen) atoms. The number of hydrogen-bond acceptors (Lipinski definition) is 4. The monoisotopic (exact) mass is 388 g/mol. The second-order valence-corrected chi connectivity index (χ2v) is 7.57. The molecule has 0 bridgehead atoms. The standard InChI is InChI=1S/C22H29ClN2O2/c23-22-7-3-2-6-19(22)15-24-14-18-8-10-21(11-9-18)27-17-20(26)16-25-12-4-1-5-13-25/h2-3,6-11,20,24,26H,1,4-5,12-17H2/t20-/m1/s1. The zero-order chi connectivity index (χ0) is 18.9. The van der Waals surface area contributed by atoms with Crippen LogP contribution in [0, 0.1) is 0 Å². The summed E-state index contributed by atoms with van der Waals surface area (Å²) in [5.74, 6) is 0.794. The highest BCUT2D eigenvalue weighted by Gasteiger charge is 2.15. The molecule has 0 amide bonds. The van der Waals surface area contributed by atoms with E-state index in [9.17, 15) is 5.11 Å². The predicted molar refractivity (Wildman–Crippen MR) is 110 cm³/mol. The van der Waals surface area contributed by atoms with Crippen molar-refractivity contribution in [1.82, 2.24) is 10.2 Å². The number of benzene rings is 2. The van der Waals surface area contributed by atoms with Gasteiger partial charge in [-0.15, -0.1) is 0 Å². The maximum Gasteiger partial charge on any atom is 0.119 e. The van der Waals surface area contributed by atoms with E-state index < -0.39 is 6.10 Å². The molecule has 0 radical (unpaired) electrons. The van der Waals surface area contributed by atoms with Crippen molar-refractivity contribution in [2.45, 2.75) is 38.5 Å². The van der Waals surface area contributed by atoms with Crippen LogP contribution in [0.2, 0.25) is 5.02 Å². The van der Waals surface area contributed by atoms with Crippen LogP contribution >= 0.6 is 11.6 Å². The maximum atomic E-state index is 10.2. The first kappa shape index (κ1) is 20.2. The van der Waals surface area contributed by atoms with Crippen molar-refractivity contribution >= 4 is 11.6 Å². The summed E-state index contributed by atoms with van der Waals surface area (Å²) in [6.07, 6.45) is 3.34. The second-order valence-electron chi connectivity index (χ2n) is 7.17. The molecule has 1 aliphatic rings. The second kappa shape index (κ2) is 10.7. The lowest BCUT2D eigenvalue weighted by atomic mass is 10.1. The highest BCUT2D eigenvalue weighted by atomic mass is 35.5. The fraction of sp³-hybridized carbons (Fsp3) is 0.455. The van der Waals surface area contributed by atoms with Gasteiger partial charge < -0.3 is 20.1 Å². The number of aliphatic hydroxyl groups excluding tert-OH is 1. The number of hydrogen-bond donors (Lipinski definition) is 2. The predicted octanol–water partition coefficient (Wildman–Crippen LogP) is 3.86. The fourth-order valence-electron chi connectivity index (χ4n) is 3.37. The number of ether oxygens (including phenoxy) is 1. The quantitative estimate of drug-likeness (QED) is 0.684. The minimum Gasteiger partial charge on any atom is -0.491 e. The summed E-state index contributed by atoms with van der Waals surface area (Å²) >= 11 is 6.17. The Morgan fingerprint density at radius 3 is 2.48 bits per heavy atom. The van der Waals surface area contributed by atoms with E-state index in [0.29, 0.717) is 13.2 Å². The molecule has 0 aliphatic carbocycles. The van der Waals surface area contributed by atoms with Crippen LogP contribution in [0.4, 0.5) is 0 Å². The van der Waals surface area contributed by atoms with E-state index in [0.717, 1.165) is 42.5 Å². The van der Waals surface area contributed by atoms with Crippen molar-refractivity contribution in [2.75, 3.05) is 26.2 Å². The van der Waals surface area contributed by atoms with Gasteiger partial charge in [0.15, 0.2) is 0 Å². The van der Waals surface area contributed by atoms with Gasteiger partial charge in [0.05, 0.1) is 0 Å². The normalized spacial score (nSPS) is 16.2. The lowest BCUT2D eigenvalue weighted by molar-refractivity contribution is 0.0617. The highest BCUT2D eigenvalue weighted by Crippen LogP contribution is 2.16. The summed E-state index contributed by atoms with van der Waals surface area (Å²) in [4.78, 5) is 2.32. The largest absolute Gasteiger partial charge is 0.491 e. The van der Waals surface area contributed by atoms with Gasteiger partial charge in [0, 0.05) is 24.7 Å². The van der Waals surface area contributed by atoms with Crippen molar-refractivity contribution in [3.8, 4) is 5.75 Å². The molecule has 2 N–H and O–H groups in total. The van der Waals surface area contributed by atoms with Crippen molar-refractivity contribution in [3.05, 3.63) is 64.7 Å². The van der Waals surface area contributed by atoms with Crippen molar-refractivity contribution in [1.29, 1.82) is 0 Å². The minimum absolute atomic E-state index is 0.334. The summed E-state index contributed by atoms with van der Waals surface area (Å²) < 4.78 is 5.74. The number of likely N-dealkylation sites (tertiary alicyclic amines) is 1. The van der Waals surface area contributed by atoms with Crippen LogP contribution in [0.25, 0.3) is 0 Å². The molecular formula is C22H29ClN2O2. The van der Waals surface area contributed by atoms with Gasteiger partial charge >= 0.3 is 0 Å². The van der Waals surface area contributed by atoms with Crippen molar-refractivity contribution in [2.24, 2.45) is 0 Å². The molecule has 0 aromatic heterocycles. The van der Waals surface area contributed by atoms with E-state index in [1.54, 1.807) is 0 Å². The molecule has 1 fully saturated rings. The van der Waals surface area contributed by atoms with Crippen LogP contribution < -0.4 is 10.1 Å². The fourth-order valence-corrected chi connectivity index (χ4v) is 3.57. The average molecular weight is 389 g/mol. The molecule has 0 saturated carbocycles. The van der Waals surface area contributed by atoms with Crippen LogP contribution in [0.15, 0.2) is 48.5 Å². The zero-order valence-corrected chi connectivity index (χ0v) is 16.5. The third-order valence-electron chi connectivity index (χ3n) is 4.89. The van der Waals surface area contributed by atoms with Gasteiger partial charge in [0.1, 0.15) is 18.5 Å². The molecule has 1 heterocycles. The van der Waals surface area contributed by atoms with Gasteiger partial charge in [-0.3, -0.25) is 0 Å². The van der Waals surface area contributed by atoms with E-state index in [1.807, 2.05) is 48.5 Å². The lowest BCUT2D eigenvalue weighted by Gasteiger charge is -2.28.